The Hall–Kier alpha value is -5.17. The van der Waals surface area contributed by atoms with Crippen LogP contribution in [-0.4, -0.2) is 78.0 Å². The number of pyridine rings is 1. The van der Waals surface area contributed by atoms with Crippen molar-refractivity contribution in [3.05, 3.63) is 93.7 Å². The lowest BCUT2D eigenvalue weighted by Crippen LogP contribution is -2.47. The number of carbonyl (C=O) groups excluding carboxylic acids is 3. The van der Waals surface area contributed by atoms with Crippen LogP contribution in [0.25, 0.3) is 21.9 Å². The Bertz CT molecular complexity index is 2160. The van der Waals surface area contributed by atoms with Crippen LogP contribution in [-0.2, 0) is 27.9 Å². The Kier molecular flexibility index (Phi) is 10.8. The van der Waals surface area contributed by atoms with Gasteiger partial charge in [-0.05, 0) is 122 Å². The second-order valence-electron chi connectivity index (χ2n) is 14.8. The van der Waals surface area contributed by atoms with E-state index in [1.165, 1.54) is 42.0 Å². The number of fused-ring (bicyclic) bond motifs is 1. The highest BCUT2D eigenvalue weighted by atomic mass is 19.1. The summed E-state index contributed by atoms with van der Waals surface area (Å²) in [6.07, 6.45) is 5.51. The molecular weight excluding hydrogens is 699 g/mol. The number of amides is 3. The number of imide groups is 1. The van der Waals surface area contributed by atoms with Crippen molar-refractivity contribution in [2.45, 2.75) is 56.9 Å². The van der Waals surface area contributed by atoms with Crippen LogP contribution < -0.4 is 20.9 Å². The van der Waals surface area contributed by atoms with Gasteiger partial charge in [0, 0.05) is 55.0 Å². The molecule has 13 heteroatoms. The van der Waals surface area contributed by atoms with Gasteiger partial charge >= 0.3 is 0 Å². The van der Waals surface area contributed by atoms with E-state index in [9.17, 15) is 23.6 Å². The SMILES string of the molecule is COc1cc(-c2cn(C)c(=O)c3ccc(F)cc23)cc(F)c1CC1CCN(CC(=O)N2CCC(c3ccc(NC4CCC(=O)NC4=O)cc3F)CC2)CC1. The molecule has 3 aliphatic rings. The number of piperidine rings is 3. The Morgan fingerprint density at radius 2 is 1.65 bits per heavy atom. The number of ether oxygens (including phenoxy) is 1. The van der Waals surface area contributed by atoms with E-state index in [0.717, 1.165) is 12.8 Å². The quantitative estimate of drug-likeness (QED) is 0.218. The highest BCUT2D eigenvalue weighted by molar-refractivity contribution is 6.01. The van der Waals surface area contributed by atoms with Crippen LogP contribution in [0.15, 0.2) is 59.5 Å². The van der Waals surface area contributed by atoms with E-state index in [2.05, 4.69) is 15.5 Å². The minimum Gasteiger partial charge on any atom is -0.496 e. The number of carbonyl (C=O) groups is 3. The van der Waals surface area contributed by atoms with E-state index >= 15 is 8.78 Å². The standard InChI is InChI=1S/C41H44F3N5O5/c1-47-22-33(31-20-27(42)3-5-30(31)41(47)53)26-18-34(43)32(37(19-26)54-2)17-24-9-13-48(14-10-24)23-39(51)49-15-11-25(12-16-49)29-6-4-28(21-35(29)44)45-36-7-8-38(50)46-40(36)52/h3-6,18-22,24-25,36,45H,7-17,23H2,1-2H3,(H,46,50,52). The third-order valence-corrected chi connectivity index (χ3v) is 11.3. The van der Waals surface area contributed by atoms with Crippen molar-refractivity contribution in [2.24, 2.45) is 13.0 Å². The second kappa shape index (κ2) is 15.7. The molecule has 7 rings (SSSR count). The molecule has 0 radical (unpaired) electrons. The second-order valence-corrected chi connectivity index (χ2v) is 14.8. The summed E-state index contributed by atoms with van der Waals surface area (Å²) < 4.78 is 52.3. The average molecular weight is 744 g/mol. The Labute approximate surface area is 311 Å². The number of nitrogens with one attached hydrogen (secondary N) is 2. The van der Waals surface area contributed by atoms with Gasteiger partial charge in [0.1, 0.15) is 29.2 Å². The number of aromatic nitrogens is 1. The maximum Gasteiger partial charge on any atom is 0.258 e. The molecule has 284 valence electrons. The molecular formula is C41H44F3N5O5. The van der Waals surface area contributed by atoms with Crippen molar-refractivity contribution >= 4 is 34.2 Å². The molecule has 10 nitrogen and oxygen atoms in total. The van der Waals surface area contributed by atoms with Gasteiger partial charge in [-0.25, -0.2) is 13.2 Å². The van der Waals surface area contributed by atoms with E-state index < -0.39 is 23.6 Å². The summed E-state index contributed by atoms with van der Waals surface area (Å²) in [5, 5.41) is 6.06. The zero-order valence-electron chi connectivity index (χ0n) is 30.4. The number of likely N-dealkylation sites (tertiary alicyclic amines) is 2. The highest BCUT2D eigenvalue weighted by Crippen LogP contribution is 2.36. The number of nitrogens with zero attached hydrogens (tertiary/aromatic N) is 3. The maximum absolute atomic E-state index is 15.8. The predicted molar refractivity (Wildman–Crippen MR) is 199 cm³/mol. The van der Waals surface area contributed by atoms with E-state index in [-0.39, 0.29) is 41.4 Å². The Morgan fingerprint density at radius 1 is 0.889 bits per heavy atom. The number of rotatable bonds is 9. The van der Waals surface area contributed by atoms with Gasteiger partial charge in [0.2, 0.25) is 17.7 Å². The van der Waals surface area contributed by atoms with Gasteiger partial charge in [0.25, 0.3) is 5.56 Å². The molecule has 3 aliphatic heterocycles. The lowest BCUT2D eigenvalue weighted by atomic mass is 9.88. The topological polar surface area (TPSA) is 113 Å². The molecule has 3 saturated heterocycles. The van der Waals surface area contributed by atoms with E-state index in [0.29, 0.717) is 103 Å². The number of halogens is 3. The number of methoxy groups -OCH3 is 1. The van der Waals surface area contributed by atoms with Gasteiger partial charge in [-0.1, -0.05) is 6.07 Å². The van der Waals surface area contributed by atoms with Crippen molar-refractivity contribution in [1.82, 2.24) is 19.7 Å². The van der Waals surface area contributed by atoms with Gasteiger partial charge < -0.3 is 19.5 Å². The minimum atomic E-state index is -0.589. The zero-order valence-corrected chi connectivity index (χ0v) is 30.4. The lowest BCUT2D eigenvalue weighted by molar-refractivity contribution is -0.134. The van der Waals surface area contributed by atoms with E-state index in [1.54, 1.807) is 31.4 Å². The van der Waals surface area contributed by atoms with Crippen molar-refractivity contribution in [1.29, 1.82) is 0 Å². The first-order valence-electron chi connectivity index (χ1n) is 18.5. The summed E-state index contributed by atoms with van der Waals surface area (Å²) >= 11 is 0. The smallest absolute Gasteiger partial charge is 0.258 e. The first kappa shape index (κ1) is 37.2. The van der Waals surface area contributed by atoms with Gasteiger partial charge in [0.15, 0.2) is 0 Å². The minimum absolute atomic E-state index is 0.0235. The van der Waals surface area contributed by atoms with Crippen LogP contribution in [0.4, 0.5) is 18.9 Å². The number of hydrogen-bond donors (Lipinski definition) is 2. The first-order chi connectivity index (χ1) is 26.0. The molecule has 0 bridgehead atoms. The van der Waals surface area contributed by atoms with Gasteiger partial charge in [-0.15, -0.1) is 0 Å². The molecule has 4 aromatic rings. The van der Waals surface area contributed by atoms with Crippen LogP contribution in [0.5, 0.6) is 5.75 Å². The fourth-order valence-electron chi connectivity index (χ4n) is 8.16. The fourth-order valence-corrected chi connectivity index (χ4v) is 8.16. The molecule has 1 unspecified atom stereocenters. The number of benzene rings is 3. The van der Waals surface area contributed by atoms with Crippen LogP contribution in [0.2, 0.25) is 0 Å². The normalized spacial score (nSPS) is 18.9. The summed E-state index contributed by atoms with van der Waals surface area (Å²) in [7, 11) is 3.10. The molecule has 0 spiro atoms. The summed E-state index contributed by atoms with van der Waals surface area (Å²) in [5.41, 5.74) is 2.29. The third kappa shape index (κ3) is 7.87. The molecule has 54 heavy (non-hydrogen) atoms. The maximum atomic E-state index is 15.8. The highest BCUT2D eigenvalue weighted by Gasteiger charge is 2.30. The molecule has 4 heterocycles. The Balaban J connectivity index is 0.910. The van der Waals surface area contributed by atoms with E-state index in [1.807, 2.05) is 4.90 Å². The van der Waals surface area contributed by atoms with Crippen LogP contribution in [0, 0.1) is 23.4 Å². The monoisotopic (exact) mass is 743 g/mol. The van der Waals surface area contributed by atoms with E-state index in [4.69, 9.17) is 4.74 Å². The fraction of sp³-hybridized carbons (Fsp3) is 0.415. The average Bonchev–Trinajstić information content (AvgIpc) is 3.15. The summed E-state index contributed by atoms with van der Waals surface area (Å²) in [6, 6.07) is 11.4. The summed E-state index contributed by atoms with van der Waals surface area (Å²) in [6.45, 7) is 2.78. The molecule has 3 aromatic carbocycles. The van der Waals surface area contributed by atoms with Crippen molar-refractivity contribution in [3.63, 3.8) is 0 Å². The Morgan fingerprint density at radius 3 is 2.35 bits per heavy atom. The van der Waals surface area contributed by atoms with Gasteiger partial charge in [0.05, 0.1) is 13.7 Å². The molecule has 0 saturated carbocycles. The molecule has 0 aliphatic carbocycles. The number of anilines is 1. The predicted octanol–water partition coefficient (Wildman–Crippen LogP) is 5.51. The lowest BCUT2D eigenvalue weighted by Gasteiger charge is -2.36. The molecule has 1 atom stereocenters. The number of aryl methyl sites for hydroxylation is 1. The van der Waals surface area contributed by atoms with Crippen molar-refractivity contribution < 1.29 is 32.3 Å². The summed E-state index contributed by atoms with van der Waals surface area (Å²) in [4.78, 5) is 53.4. The molecule has 3 fully saturated rings. The third-order valence-electron chi connectivity index (χ3n) is 11.3. The number of hydrogen-bond acceptors (Lipinski definition) is 7. The van der Waals surface area contributed by atoms with Gasteiger partial charge in [-0.3, -0.25) is 29.4 Å². The van der Waals surface area contributed by atoms with Crippen molar-refractivity contribution in [2.75, 3.05) is 45.2 Å². The summed E-state index contributed by atoms with van der Waals surface area (Å²) in [5.74, 6) is -1.39. The molecule has 1 aromatic heterocycles. The van der Waals surface area contributed by atoms with Crippen LogP contribution in [0.3, 0.4) is 0 Å². The van der Waals surface area contributed by atoms with Crippen LogP contribution >= 0.6 is 0 Å². The van der Waals surface area contributed by atoms with Gasteiger partial charge in [-0.2, -0.15) is 0 Å². The molecule has 2 N–H and O–H groups in total. The molecule has 3 amide bonds. The van der Waals surface area contributed by atoms with Crippen LogP contribution in [0.1, 0.15) is 55.6 Å². The van der Waals surface area contributed by atoms with Crippen molar-refractivity contribution in [3.8, 4) is 16.9 Å². The first-order valence-corrected chi connectivity index (χ1v) is 18.5. The zero-order chi connectivity index (χ0) is 38.1. The largest absolute Gasteiger partial charge is 0.496 e.